The largest absolute Gasteiger partial charge is 0.346 e. The second kappa shape index (κ2) is 7.92. The first kappa shape index (κ1) is 17.7. The van der Waals surface area contributed by atoms with E-state index in [0.717, 1.165) is 11.1 Å². The number of hydrogen-bond donors (Lipinski definition) is 1. The number of aromatic nitrogens is 3. The number of carbonyl (C=O) groups excluding carboxylic acids is 1. The summed E-state index contributed by atoms with van der Waals surface area (Å²) < 4.78 is 3.73. The highest BCUT2D eigenvalue weighted by Gasteiger charge is 2.16. The molecule has 0 unspecified atom stereocenters. The van der Waals surface area contributed by atoms with Crippen molar-refractivity contribution in [2.45, 2.75) is 19.1 Å². The smallest absolute Gasteiger partial charge is 0.240 e. The van der Waals surface area contributed by atoms with E-state index in [9.17, 15) is 9.59 Å². The number of nitrogens with one attached hydrogen (secondary N) is 1. The van der Waals surface area contributed by atoms with E-state index in [4.69, 9.17) is 0 Å². The van der Waals surface area contributed by atoms with Crippen LogP contribution in [0.1, 0.15) is 11.6 Å². The van der Waals surface area contributed by atoms with Crippen LogP contribution in [0.2, 0.25) is 0 Å². The molecule has 0 fully saturated rings. The van der Waals surface area contributed by atoms with Gasteiger partial charge in [-0.05, 0) is 17.7 Å². The zero-order valence-electron chi connectivity index (χ0n) is 15.2. The lowest BCUT2D eigenvalue weighted by Gasteiger charge is -2.20. The number of benzene rings is 2. The minimum atomic E-state index is -0.187. The van der Waals surface area contributed by atoms with Crippen LogP contribution in [0.25, 0.3) is 10.9 Å². The zero-order valence-corrected chi connectivity index (χ0v) is 15.2. The number of imidazole rings is 1. The summed E-state index contributed by atoms with van der Waals surface area (Å²) in [4.78, 5) is 28.9. The highest BCUT2D eigenvalue weighted by molar-refractivity contribution is 5.82. The van der Waals surface area contributed by atoms with Gasteiger partial charge in [0.05, 0.1) is 17.9 Å². The number of nitrogens with zero attached hydrogens (tertiary/aromatic N) is 3. The Labute approximate surface area is 162 Å². The first-order chi connectivity index (χ1) is 13.7. The Hall–Kier alpha value is -3.67. The van der Waals surface area contributed by atoms with Gasteiger partial charge in [-0.2, -0.15) is 0 Å². The first-order valence-corrected chi connectivity index (χ1v) is 9.09. The Kier molecular flexibility index (Phi) is 5.01. The van der Waals surface area contributed by atoms with Gasteiger partial charge in [0.25, 0.3) is 0 Å². The second-order valence-corrected chi connectivity index (χ2v) is 6.62. The Bertz CT molecular complexity index is 1130. The second-order valence-electron chi connectivity index (χ2n) is 6.62. The Morgan fingerprint density at radius 3 is 2.57 bits per heavy atom. The fourth-order valence-corrected chi connectivity index (χ4v) is 3.32. The van der Waals surface area contributed by atoms with Gasteiger partial charge >= 0.3 is 0 Å². The molecule has 2 heterocycles. The van der Waals surface area contributed by atoms with Crippen molar-refractivity contribution in [3.63, 3.8) is 0 Å². The minimum absolute atomic E-state index is 0.0467. The van der Waals surface area contributed by atoms with Gasteiger partial charge in [-0.15, -0.1) is 0 Å². The molecule has 2 aromatic carbocycles. The molecule has 1 N–H and O–H groups in total. The van der Waals surface area contributed by atoms with Gasteiger partial charge in [-0.25, -0.2) is 4.98 Å². The molecule has 1 amide bonds. The number of carbonyl (C=O) groups is 1. The summed E-state index contributed by atoms with van der Waals surface area (Å²) in [5.41, 5.74) is 1.72. The highest BCUT2D eigenvalue weighted by Crippen LogP contribution is 2.16. The lowest BCUT2D eigenvalue weighted by molar-refractivity contribution is -0.122. The molecule has 0 aliphatic rings. The third kappa shape index (κ3) is 3.86. The highest BCUT2D eigenvalue weighted by atomic mass is 16.2. The predicted octanol–water partition coefficient (Wildman–Crippen LogP) is 2.76. The molecular weight excluding hydrogens is 352 g/mol. The maximum absolute atomic E-state index is 12.8. The van der Waals surface area contributed by atoms with Crippen molar-refractivity contribution in [3.05, 3.63) is 101 Å². The molecular formula is C22H20N4O2. The molecule has 4 aromatic rings. The number of fused-ring (bicyclic) bond motifs is 1. The molecule has 0 saturated carbocycles. The average molecular weight is 372 g/mol. The van der Waals surface area contributed by atoms with E-state index in [-0.39, 0.29) is 23.9 Å². The number of rotatable bonds is 6. The maximum Gasteiger partial charge on any atom is 0.240 e. The van der Waals surface area contributed by atoms with Crippen LogP contribution in [0, 0.1) is 0 Å². The van der Waals surface area contributed by atoms with Crippen LogP contribution in [0.15, 0.2) is 90.4 Å². The molecule has 0 spiro atoms. The normalized spacial score (nSPS) is 12.0. The lowest BCUT2D eigenvalue weighted by atomic mass is 10.1. The summed E-state index contributed by atoms with van der Waals surface area (Å²) in [6.45, 7) is 0.717. The molecule has 140 valence electrons. The third-order valence-electron chi connectivity index (χ3n) is 4.69. The van der Waals surface area contributed by atoms with Crippen LogP contribution >= 0.6 is 0 Å². The Balaban J connectivity index is 1.57. The summed E-state index contributed by atoms with van der Waals surface area (Å²) in [5, 5.41) is 3.72. The van der Waals surface area contributed by atoms with Crippen LogP contribution < -0.4 is 10.7 Å². The average Bonchev–Trinajstić information content (AvgIpc) is 3.24. The molecule has 4 rings (SSSR count). The van der Waals surface area contributed by atoms with Gasteiger partial charge in [0, 0.05) is 36.6 Å². The van der Waals surface area contributed by atoms with Crippen LogP contribution in [0.5, 0.6) is 0 Å². The summed E-state index contributed by atoms with van der Waals surface area (Å²) in [5.74, 6) is -0.122. The molecule has 6 heteroatoms. The topological polar surface area (TPSA) is 68.9 Å². The van der Waals surface area contributed by atoms with Crippen molar-refractivity contribution in [3.8, 4) is 0 Å². The molecule has 0 radical (unpaired) electrons. The van der Waals surface area contributed by atoms with Crippen LogP contribution in [0.4, 0.5) is 0 Å². The van der Waals surface area contributed by atoms with Crippen molar-refractivity contribution in [2.24, 2.45) is 0 Å². The molecule has 0 bridgehead atoms. The van der Waals surface area contributed by atoms with Crippen molar-refractivity contribution in [2.75, 3.05) is 0 Å². The number of hydrogen-bond acceptors (Lipinski definition) is 3. The van der Waals surface area contributed by atoms with E-state index in [1.54, 1.807) is 29.4 Å². The summed E-state index contributed by atoms with van der Waals surface area (Å²) >= 11 is 0. The maximum atomic E-state index is 12.8. The molecule has 0 saturated heterocycles. The van der Waals surface area contributed by atoms with Crippen LogP contribution in [-0.2, 0) is 17.9 Å². The number of amides is 1. The first-order valence-electron chi connectivity index (χ1n) is 9.09. The summed E-state index contributed by atoms with van der Waals surface area (Å²) in [6.07, 6.45) is 6.99. The van der Waals surface area contributed by atoms with Gasteiger partial charge in [-0.3, -0.25) is 9.59 Å². The molecule has 0 aliphatic carbocycles. The molecule has 1 atom stereocenters. The van der Waals surface area contributed by atoms with Crippen LogP contribution in [-0.4, -0.2) is 20.0 Å². The van der Waals surface area contributed by atoms with E-state index in [1.807, 2.05) is 59.3 Å². The zero-order chi connectivity index (χ0) is 19.3. The SMILES string of the molecule is O=C(Cn1ccc(=O)c2ccccc21)N[C@@H](Cn1ccnc1)c1ccccc1. The van der Waals surface area contributed by atoms with Gasteiger partial charge in [0.15, 0.2) is 5.43 Å². The van der Waals surface area contributed by atoms with Crippen LogP contribution in [0.3, 0.4) is 0 Å². The lowest BCUT2D eigenvalue weighted by Crippen LogP contribution is -2.34. The van der Waals surface area contributed by atoms with E-state index < -0.39 is 0 Å². The third-order valence-corrected chi connectivity index (χ3v) is 4.69. The van der Waals surface area contributed by atoms with Crippen molar-refractivity contribution in [1.82, 2.24) is 19.4 Å². The molecule has 28 heavy (non-hydrogen) atoms. The minimum Gasteiger partial charge on any atom is -0.346 e. The van der Waals surface area contributed by atoms with Gasteiger partial charge in [-0.1, -0.05) is 42.5 Å². The van der Waals surface area contributed by atoms with Crippen molar-refractivity contribution in [1.29, 1.82) is 0 Å². The van der Waals surface area contributed by atoms with Gasteiger partial charge < -0.3 is 14.5 Å². The fourth-order valence-electron chi connectivity index (χ4n) is 3.32. The standard InChI is InChI=1S/C22H20N4O2/c27-21-10-12-26(20-9-5-4-8-18(20)21)15-22(28)24-19(14-25-13-11-23-16-25)17-6-2-1-3-7-17/h1-13,16,19H,14-15H2,(H,24,28)/t19-/m0/s1. The summed E-state index contributed by atoms with van der Waals surface area (Å²) in [7, 11) is 0. The van der Waals surface area contributed by atoms with Gasteiger partial charge in [0.1, 0.15) is 6.54 Å². The van der Waals surface area contributed by atoms with E-state index >= 15 is 0 Å². The predicted molar refractivity (Wildman–Crippen MR) is 108 cm³/mol. The monoisotopic (exact) mass is 372 g/mol. The quantitative estimate of drug-likeness (QED) is 0.566. The number of pyridine rings is 1. The molecule has 0 aliphatic heterocycles. The Morgan fingerprint density at radius 2 is 1.79 bits per heavy atom. The summed E-state index contributed by atoms with van der Waals surface area (Å²) in [6, 6.07) is 18.5. The molecule has 6 nitrogen and oxygen atoms in total. The Morgan fingerprint density at radius 1 is 1.00 bits per heavy atom. The molecule has 2 aromatic heterocycles. The van der Waals surface area contributed by atoms with E-state index in [2.05, 4.69) is 10.3 Å². The van der Waals surface area contributed by atoms with Crippen molar-refractivity contribution >= 4 is 16.8 Å². The van der Waals surface area contributed by atoms with Gasteiger partial charge in [0.2, 0.25) is 5.91 Å². The van der Waals surface area contributed by atoms with Crippen molar-refractivity contribution < 1.29 is 4.79 Å². The number of para-hydroxylation sites is 1. The van der Waals surface area contributed by atoms with E-state index in [0.29, 0.717) is 11.9 Å². The van der Waals surface area contributed by atoms with E-state index in [1.165, 1.54) is 6.07 Å². The fraction of sp³-hybridized carbons (Fsp3) is 0.136.